The lowest BCUT2D eigenvalue weighted by Gasteiger charge is -2.13. The first-order chi connectivity index (χ1) is 10.1. The van der Waals surface area contributed by atoms with Gasteiger partial charge in [0, 0.05) is 28.1 Å². The zero-order valence-corrected chi connectivity index (χ0v) is 12.6. The number of carbonyl (C=O) groups excluding carboxylic acids is 1. The summed E-state index contributed by atoms with van der Waals surface area (Å²) in [6.45, 7) is 0. The fourth-order valence-electron chi connectivity index (χ4n) is 3.06. The first-order valence-corrected chi connectivity index (χ1v) is 7.53. The van der Waals surface area contributed by atoms with Crippen molar-refractivity contribution in [1.29, 1.82) is 0 Å². The van der Waals surface area contributed by atoms with Gasteiger partial charge >= 0.3 is 0 Å². The third kappa shape index (κ3) is 1.90. The summed E-state index contributed by atoms with van der Waals surface area (Å²) in [6, 6.07) is 11.3. The normalized spacial score (nSPS) is 13.9. The van der Waals surface area contributed by atoms with Crippen LogP contribution in [0.25, 0.3) is 22.2 Å². The number of aromatic amines is 1. The Labute approximate surface area is 131 Å². The molecule has 0 saturated heterocycles. The number of rotatable bonds is 1. The molecule has 104 valence electrons. The number of nitrogens with one attached hydrogen (secondary N) is 1. The smallest absolute Gasteiger partial charge is 0.163 e. The van der Waals surface area contributed by atoms with E-state index in [1.807, 2.05) is 30.3 Å². The van der Waals surface area contributed by atoms with Crippen LogP contribution in [0.5, 0.6) is 0 Å². The summed E-state index contributed by atoms with van der Waals surface area (Å²) in [5, 5.41) is 2.33. The van der Waals surface area contributed by atoms with E-state index in [4.69, 9.17) is 23.2 Å². The molecule has 1 aliphatic carbocycles. The molecule has 1 aliphatic rings. The van der Waals surface area contributed by atoms with Gasteiger partial charge in [-0.15, -0.1) is 0 Å². The summed E-state index contributed by atoms with van der Waals surface area (Å²) < 4.78 is 0. The van der Waals surface area contributed by atoms with Gasteiger partial charge < -0.3 is 4.98 Å². The quantitative estimate of drug-likeness (QED) is 0.652. The van der Waals surface area contributed by atoms with Gasteiger partial charge in [-0.1, -0.05) is 35.3 Å². The standard InChI is InChI=1S/C17H11Cl2NO/c18-10-3-1-9(2-4-10)16-12-6-8-14(21)11-5-7-13(19)17(20-16)15(11)12/h1-5,7,20H,6,8H2. The van der Waals surface area contributed by atoms with Crippen LogP contribution in [0, 0.1) is 0 Å². The van der Waals surface area contributed by atoms with Crippen LogP contribution in [-0.4, -0.2) is 10.8 Å². The minimum Gasteiger partial charge on any atom is -0.353 e. The summed E-state index contributed by atoms with van der Waals surface area (Å²) in [7, 11) is 0. The van der Waals surface area contributed by atoms with Gasteiger partial charge in [-0.2, -0.15) is 0 Å². The molecule has 2 aromatic carbocycles. The summed E-state index contributed by atoms with van der Waals surface area (Å²) in [5.74, 6) is 0.186. The second kappa shape index (κ2) is 4.62. The molecule has 0 amide bonds. The van der Waals surface area contributed by atoms with E-state index < -0.39 is 0 Å². The second-order valence-electron chi connectivity index (χ2n) is 5.25. The fourth-order valence-corrected chi connectivity index (χ4v) is 3.39. The number of carbonyl (C=O) groups is 1. The Hall–Kier alpha value is -1.77. The second-order valence-corrected chi connectivity index (χ2v) is 6.10. The Morgan fingerprint density at radius 3 is 2.48 bits per heavy atom. The average Bonchev–Trinajstić information content (AvgIpc) is 2.87. The molecule has 4 rings (SSSR count). The molecule has 2 nitrogen and oxygen atoms in total. The number of aryl methyl sites for hydroxylation is 1. The van der Waals surface area contributed by atoms with Crippen molar-refractivity contribution in [3.63, 3.8) is 0 Å². The molecular weight excluding hydrogens is 305 g/mol. The first kappa shape index (κ1) is 12.9. The number of hydrogen-bond donors (Lipinski definition) is 1. The minimum absolute atomic E-state index is 0.186. The largest absolute Gasteiger partial charge is 0.353 e. The van der Waals surface area contributed by atoms with Gasteiger partial charge in [-0.05, 0) is 41.8 Å². The predicted molar refractivity (Wildman–Crippen MR) is 86.4 cm³/mol. The van der Waals surface area contributed by atoms with Crippen molar-refractivity contribution < 1.29 is 4.79 Å². The molecular formula is C17H11Cl2NO. The monoisotopic (exact) mass is 315 g/mol. The molecule has 0 atom stereocenters. The molecule has 0 radical (unpaired) electrons. The van der Waals surface area contributed by atoms with Crippen LogP contribution in [0.4, 0.5) is 0 Å². The molecule has 3 aromatic rings. The van der Waals surface area contributed by atoms with Crippen molar-refractivity contribution in [3.8, 4) is 11.3 Å². The topological polar surface area (TPSA) is 32.9 Å². The summed E-state index contributed by atoms with van der Waals surface area (Å²) in [6.07, 6.45) is 1.28. The molecule has 1 aromatic heterocycles. The Balaban J connectivity index is 2.06. The van der Waals surface area contributed by atoms with E-state index in [0.29, 0.717) is 16.5 Å². The molecule has 0 bridgehead atoms. The van der Waals surface area contributed by atoms with Gasteiger partial charge in [0.25, 0.3) is 0 Å². The van der Waals surface area contributed by atoms with Crippen molar-refractivity contribution in [2.24, 2.45) is 0 Å². The number of aromatic nitrogens is 1. The summed E-state index contributed by atoms with van der Waals surface area (Å²) in [4.78, 5) is 15.5. The van der Waals surface area contributed by atoms with E-state index in [1.54, 1.807) is 6.07 Å². The SMILES string of the molecule is O=C1CCc2c(-c3ccc(Cl)cc3)[nH]c3c(Cl)ccc1c23. The molecule has 1 heterocycles. The van der Waals surface area contributed by atoms with Gasteiger partial charge in [0.1, 0.15) is 0 Å². The van der Waals surface area contributed by atoms with Crippen LogP contribution in [0.3, 0.4) is 0 Å². The van der Waals surface area contributed by atoms with Gasteiger partial charge in [-0.3, -0.25) is 4.79 Å². The van der Waals surface area contributed by atoms with Gasteiger partial charge in [0.15, 0.2) is 5.78 Å². The zero-order valence-electron chi connectivity index (χ0n) is 11.0. The lowest BCUT2D eigenvalue weighted by molar-refractivity contribution is 0.0982. The van der Waals surface area contributed by atoms with E-state index in [9.17, 15) is 4.79 Å². The Bertz CT molecular complexity index is 878. The van der Waals surface area contributed by atoms with Crippen molar-refractivity contribution in [2.45, 2.75) is 12.8 Å². The fraction of sp³-hybridized carbons (Fsp3) is 0.118. The van der Waals surface area contributed by atoms with E-state index in [0.717, 1.165) is 34.1 Å². The Morgan fingerprint density at radius 1 is 0.952 bits per heavy atom. The predicted octanol–water partition coefficient (Wildman–Crippen LogP) is 5.27. The van der Waals surface area contributed by atoms with E-state index in [-0.39, 0.29) is 5.78 Å². The maximum atomic E-state index is 12.1. The highest BCUT2D eigenvalue weighted by Gasteiger charge is 2.25. The number of halogens is 2. The highest BCUT2D eigenvalue weighted by molar-refractivity contribution is 6.36. The lowest BCUT2D eigenvalue weighted by atomic mass is 9.89. The minimum atomic E-state index is 0.186. The van der Waals surface area contributed by atoms with Crippen molar-refractivity contribution in [1.82, 2.24) is 4.98 Å². The van der Waals surface area contributed by atoms with Gasteiger partial charge in [0.2, 0.25) is 0 Å². The Morgan fingerprint density at radius 2 is 1.71 bits per heavy atom. The van der Waals surface area contributed by atoms with Crippen LogP contribution in [0.1, 0.15) is 22.3 Å². The van der Waals surface area contributed by atoms with Gasteiger partial charge in [0.05, 0.1) is 10.5 Å². The number of ketones is 1. The summed E-state index contributed by atoms with van der Waals surface area (Å²) >= 11 is 12.2. The van der Waals surface area contributed by atoms with Gasteiger partial charge in [-0.25, -0.2) is 0 Å². The van der Waals surface area contributed by atoms with Crippen LogP contribution in [0.2, 0.25) is 10.0 Å². The average molecular weight is 316 g/mol. The number of Topliss-reactive ketones (excluding diaryl/α,β-unsaturated/α-hetero) is 1. The number of hydrogen-bond acceptors (Lipinski definition) is 1. The molecule has 0 fully saturated rings. The maximum absolute atomic E-state index is 12.1. The number of H-pyrrole nitrogens is 1. The van der Waals surface area contributed by atoms with Crippen LogP contribution in [-0.2, 0) is 6.42 Å². The van der Waals surface area contributed by atoms with Crippen molar-refractivity contribution >= 4 is 39.9 Å². The van der Waals surface area contributed by atoms with Crippen LogP contribution >= 0.6 is 23.2 Å². The molecule has 21 heavy (non-hydrogen) atoms. The maximum Gasteiger partial charge on any atom is 0.163 e. The third-order valence-electron chi connectivity index (χ3n) is 4.04. The Kier molecular flexibility index (Phi) is 2.84. The molecule has 0 aliphatic heterocycles. The van der Waals surface area contributed by atoms with E-state index in [2.05, 4.69) is 4.98 Å². The molecule has 4 heteroatoms. The summed E-state index contributed by atoms with van der Waals surface area (Å²) in [5.41, 5.74) is 4.88. The van der Waals surface area contributed by atoms with E-state index >= 15 is 0 Å². The molecule has 1 N–H and O–H groups in total. The third-order valence-corrected chi connectivity index (χ3v) is 4.61. The zero-order chi connectivity index (χ0) is 14.6. The van der Waals surface area contributed by atoms with E-state index in [1.165, 1.54) is 5.56 Å². The van der Waals surface area contributed by atoms with Crippen LogP contribution in [0.15, 0.2) is 36.4 Å². The highest BCUT2D eigenvalue weighted by Crippen LogP contribution is 2.39. The molecule has 0 spiro atoms. The van der Waals surface area contributed by atoms with Crippen molar-refractivity contribution in [2.75, 3.05) is 0 Å². The highest BCUT2D eigenvalue weighted by atomic mass is 35.5. The molecule has 0 saturated carbocycles. The first-order valence-electron chi connectivity index (χ1n) is 6.77. The molecule has 0 unspecified atom stereocenters. The van der Waals surface area contributed by atoms with Crippen molar-refractivity contribution in [3.05, 3.63) is 57.6 Å². The lowest BCUT2D eigenvalue weighted by Crippen LogP contribution is -2.08. The van der Waals surface area contributed by atoms with Crippen LogP contribution < -0.4 is 0 Å². The number of benzene rings is 2.